The molecule has 136 valence electrons. The second-order valence-electron chi connectivity index (χ2n) is 5.98. The topological polar surface area (TPSA) is 66.8 Å². The van der Waals surface area contributed by atoms with Crippen LogP contribution in [0.3, 0.4) is 0 Å². The lowest BCUT2D eigenvalue weighted by Crippen LogP contribution is -2.40. The van der Waals surface area contributed by atoms with E-state index in [0.29, 0.717) is 26.3 Å². The highest BCUT2D eigenvalue weighted by Crippen LogP contribution is 2.29. The van der Waals surface area contributed by atoms with Crippen LogP contribution in [0, 0.1) is 11.6 Å². The summed E-state index contributed by atoms with van der Waals surface area (Å²) in [5, 5.41) is 9.03. The first-order valence-electron chi connectivity index (χ1n) is 8.13. The van der Waals surface area contributed by atoms with Crippen LogP contribution in [0.4, 0.5) is 8.78 Å². The lowest BCUT2D eigenvalue weighted by atomic mass is 9.95. The molecule has 2 aromatic carbocycles. The van der Waals surface area contributed by atoms with Gasteiger partial charge in [-0.1, -0.05) is 12.1 Å². The van der Waals surface area contributed by atoms with Crippen molar-refractivity contribution in [3.63, 3.8) is 0 Å². The van der Waals surface area contributed by atoms with Gasteiger partial charge >= 0.3 is 5.97 Å². The van der Waals surface area contributed by atoms with E-state index in [1.54, 1.807) is 4.90 Å². The van der Waals surface area contributed by atoms with Crippen molar-refractivity contribution in [1.82, 2.24) is 4.90 Å². The number of carbonyl (C=O) groups excluding carboxylic acids is 1. The van der Waals surface area contributed by atoms with Crippen LogP contribution >= 0.6 is 0 Å². The Balaban J connectivity index is 2.03. The first-order valence-corrected chi connectivity index (χ1v) is 8.13. The largest absolute Gasteiger partial charge is 0.481 e. The van der Waals surface area contributed by atoms with Crippen LogP contribution in [0.2, 0.25) is 0 Å². The number of amides is 1. The quantitative estimate of drug-likeness (QED) is 0.909. The van der Waals surface area contributed by atoms with Crippen molar-refractivity contribution in [2.75, 3.05) is 26.3 Å². The molecule has 7 heteroatoms. The molecule has 1 saturated heterocycles. The van der Waals surface area contributed by atoms with E-state index in [4.69, 9.17) is 9.84 Å². The fourth-order valence-corrected chi connectivity index (χ4v) is 3.01. The third kappa shape index (κ3) is 3.88. The molecule has 0 bridgehead atoms. The van der Waals surface area contributed by atoms with Crippen molar-refractivity contribution in [1.29, 1.82) is 0 Å². The number of carboxylic acid groups (broad SMARTS) is 1. The molecule has 0 spiro atoms. The molecule has 0 aromatic heterocycles. The van der Waals surface area contributed by atoms with Gasteiger partial charge in [0.2, 0.25) is 0 Å². The number of ether oxygens (including phenoxy) is 1. The minimum atomic E-state index is -1.13. The first-order chi connectivity index (χ1) is 12.5. The van der Waals surface area contributed by atoms with Gasteiger partial charge in [-0.25, -0.2) is 8.78 Å². The number of rotatable bonds is 4. The zero-order chi connectivity index (χ0) is 18.7. The van der Waals surface area contributed by atoms with Crippen molar-refractivity contribution in [2.24, 2.45) is 0 Å². The Hall–Kier alpha value is -2.80. The van der Waals surface area contributed by atoms with Gasteiger partial charge in [-0.2, -0.15) is 0 Å². The number of hydrogen-bond donors (Lipinski definition) is 1. The van der Waals surface area contributed by atoms with Gasteiger partial charge in [0.15, 0.2) is 0 Å². The van der Waals surface area contributed by atoms with Crippen molar-refractivity contribution in [2.45, 2.75) is 6.42 Å². The number of benzene rings is 2. The molecule has 2 aromatic rings. The predicted molar refractivity (Wildman–Crippen MR) is 89.9 cm³/mol. The molecule has 1 aliphatic heterocycles. The average molecular weight is 361 g/mol. The third-order valence-electron chi connectivity index (χ3n) is 4.17. The lowest BCUT2D eigenvalue weighted by Gasteiger charge is -2.27. The van der Waals surface area contributed by atoms with Gasteiger partial charge in [0.25, 0.3) is 5.91 Å². The molecule has 0 aliphatic carbocycles. The normalized spacial score (nSPS) is 14.3. The molecule has 1 heterocycles. The Labute approximate surface area is 148 Å². The highest BCUT2D eigenvalue weighted by molar-refractivity contribution is 5.96. The number of carbonyl (C=O) groups is 2. The van der Waals surface area contributed by atoms with E-state index in [1.807, 2.05) is 0 Å². The summed E-state index contributed by atoms with van der Waals surface area (Å²) in [6.07, 6.45) is -0.406. The van der Waals surface area contributed by atoms with E-state index in [1.165, 1.54) is 24.3 Å². The second-order valence-corrected chi connectivity index (χ2v) is 5.98. The third-order valence-corrected chi connectivity index (χ3v) is 4.17. The van der Waals surface area contributed by atoms with Crippen LogP contribution in [-0.2, 0) is 16.0 Å². The zero-order valence-corrected chi connectivity index (χ0v) is 13.9. The van der Waals surface area contributed by atoms with Gasteiger partial charge < -0.3 is 14.7 Å². The molecule has 0 unspecified atom stereocenters. The molecule has 1 N–H and O–H groups in total. The van der Waals surface area contributed by atoms with Gasteiger partial charge in [-0.15, -0.1) is 0 Å². The SMILES string of the molecule is O=C(O)Cc1cccc(F)c1-c1cc(F)cc(C(=O)N2CCOCC2)c1. The Morgan fingerprint density at radius 1 is 1.12 bits per heavy atom. The number of morpholine rings is 1. The van der Waals surface area contributed by atoms with E-state index >= 15 is 0 Å². The van der Waals surface area contributed by atoms with Gasteiger partial charge in [0, 0.05) is 24.2 Å². The predicted octanol–water partition coefficient (Wildman–Crippen LogP) is 2.73. The second kappa shape index (κ2) is 7.61. The number of carboxylic acids is 1. The van der Waals surface area contributed by atoms with Crippen LogP contribution in [0.25, 0.3) is 11.1 Å². The highest BCUT2D eigenvalue weighted by Gasteiger charge is 2.21. The minimum absolute atomic E-state index is 0.00886. The summed E-state index contributed by atoms with van der Waals surface area (Å²) in [5.41, 5.74) is 0.431. The minimum Gasteiger partial charge on any atom is -0.481 e. The molecule has 1 aliphatic rings. The Bertz CT molecular complexity index is 847. The van der Waals surface area contributed by atoms with Crippen molar-refractivity contribution < 1.29 is 28.2 Å². The summed E-state index contributed by atoms with van der Waals surface area (Å²) >= 11 is 0. The van der Waals surface area contributed by atoms with E-state index < -0.39 is 24.0 Å². The van der Waals surface area contributed by atoms with E-state index in [0.717, 1.165) is 12.1 Å². The van der Waals surface area contributed by atoms with E-state index in [9.17, 15) is 18.4 Å². The fraction of sp³-hybridized carbons (Fsp3) is 0.263. The molecular weight excluding hydrogens is 344 g/mol. The van der Waals surface area contributed by atoms with Crippen LogP contribution < -0.4 is 0 Å². The maximum absolute atomic E-state index is 14.4. The van der Waals surface area contributed by atoms with Gasteiger partial charge in [0.1, 0.15) is 11.6 Å². The number of aliphatic carboxylic acids is 1. The molecular formula is C19H17F2NO4. The maximum atomic E-state index is 14.4. The van der Waals surface area contributed by atoms with Crippen molar-refractivity contribution in [3.8, 4) is 11.1 Å². The molecule has 3 rings (SSSR count). The highest BCUT2D eigenvalue weighted by atomic mass is 19.1. The smallest absolute Gasteiger partial charge is 0.307 e. The first kappa shape index (κ1) is 18.0. The fourth-order valence-electron chi connectivity index (χ4n) is 3.01. The summed E-state index contributed by atoms with van der Waals surface area (Å²) in [5.74, 6) is -2.86. The van der Waals surface area contributed by atoms with Crippen LogP contribution in [-0.4, -0.2) is 48.2 Å². The lowest BCUT2D eigenvalue weighted by molar-refractivity contribution is -0.136. The molecule has 0 saturated carbocycles. The Morgan fingerprint density at radius 3 is 2.54 bits per heavy atom. The van der Waals surface area contributed by atoms with Gasteiger partial charge in [-0.05, 0) is 35.4 Å². The van der Waals surface area contributed by atoms with Crippen molar-refractivity contribution in [3.05, 3.63) is 59.2 Å². The van der Waals surface area contributed by atoms with Gasteiger partial charge in [0.05, 0.1) is 19.6 Å². The number of nitrogens with zero attached hydrogens (tertiary/aromatic N) is 1. The monoisotopic (exact) mass is 361 g/mol. The number of hydrogen-bond acceptors (Lipinski definition) is 3. The summed E-state index contributed by atoms with van der Waals surface area (Å²) < 4.78 is 33.7. The molecule has 26 heavy (non-hydrogen) atoms. The summed E-state index contributed by atoms with van der Waals surface area (Å²) in [4.78, 5) is 25.2. The van der Waals surface area contributed by atoms with Crippen LogP contribution in [0.15, 0.2) is 36.4 Å². The Morgan fingerprint density at radius 2 is 1.85 bits per heavy atom. The van der Waals surface area contributed by atoms with Gasteiger partial charge in [-0.3, -0.25) is 9.59 Å². The molecule has 5 nitrogen and oxygen atoms in total. The van der Waals surface area contributed by atoms with E-state index in [2.05, 4.69) is 0 Å². The molecule has 0 radical (unpaired) electrons. The zero-order valence-electron chi connectivity index (χ0n) is 13.9. The summed E-state index contributed by atoms with van der Waals surface area (Å²) in [7, 11) is 0. The van der Waals surface area contributed by atoms with E-state index in [-0.39, 0.29) is 28.2 Å². The van der Waals surface area contributed by atoms with Crippen LogP contribution in [0.5, 0.6) is 0 Å². The summed E-state index contributed by atoms with van der Waals surface area (Å²) in [6.45, 7) is 1.61. The standard InChI is InChI=1S/C19H17F2NO4/c20-15-9-13(18-12(11-17(23)24)2-1-3-16(18)21)8-14(10-15)19(25)22-4-6-26-7-5-22/h1-3,8-10H,4-7,11H2,(H,23,24). The summed E-state index contributed by atoms with van der Waals surface area (Å²) in [6, 6.07) is 7.63. The average Bonchev–Trinajstić information content (AvgIpc) is 2.61. The molecule has 1 fully saturated rings. The maximum Gasteiger partial charge on any atom is 0.307 e. The number of halogens is 2. The molecule has 1 amide bonds. The van der Waals surface area contributed by atoms with Crippen LogP contribution in [0.1, 0.15) is 15.9 Å². The Kier molecular flexibility index (Phi) is 5.27. The van der Waals surface area contributed by atoms with Crippen molar-refractivity contribution >= 4 is 11.9 Å². The molecule has 0 atom stereocenters.